The molecule has 24 heavy (non-hydrogen) atoms. The predicted octanol–water partition coefficient (Wildman–Crippen LogP) is 4.76. The van der Waals surface area contributed by atoms with Crippen molar-refractivity contribution in [3.05, 3.63) is 34.4 Å². The van der Waals surface area contributed by atoms with Crippen LogP contribution < -0.4 is 10.1 Å². The van der Waals surface area contributed by atoms with E-state index < -0.39 is 14.9 Å². The van der Waals surface area contributed by atoms with E-state index in [1.165, 1.54) is 24.3 Å². The van der Waals surface area contributed by atoms with Crippen molar-refractivity contribution in [2.75, 3.05) is 0 Å². The van der Waals surface area contributed by atoms with Gasteiger partial charge in [0.25, 0.3) is 5.69 Å². The van der Waals surface area contributed by atoms with Crippen LogP contribution in [-0.2, 0) is 4.79 Å². The highest BCUT2D eigenvalue weighted by molar-refractivity contribution is 6.68. The summed E-state index contributed by atoms with van der Waals surface area (Å²) in [6, 6.07) is 5.26. The lowest BCUT2D eigenvalue weighted by atomic mass is 10.1. The number of nitro benzene ring substituents is 1. The van der Waals surface area contributed by atoms with Gasteiger partial charge < -0.3 is 10.1 Å². The molecule has 1 rings (SSSR count). The number of non-ortho nitro benzene ring substituents is 1. The average molecular weight is 398 g/mol. The molecule has 1 N–H and O–H groups in total. The van der Waals surface area contributed by atoms with E-state index in [9.17, 15) is 14.9 Å². The van der Waals surface area contributed by atoms with Crippen molar-refractivity contribution in [1.29, 1.82) is 0 Å². The van der Waals surface area contributed by atoms with E-state index in [4.69, 9.17) is 39.5 Å². The number of carbonyl (C=O) groups excluding carboxylic acids is 1. The van der Waals surface area contributed by atoms with Crippen molar-refractivity contribution in [3.63, 3.8) is 0 Å². The highest BCUT2D eigenvalue weighted by atomic mass is 35.6. The van der Waals surface area contributed by atoms with Crippen molar-refractivity contribution in [2.45, 2.75) is 49.0 Å². The van der Waals surface area contributed by atoms with Crippen LogP contribution in [0.15, 0.2) is 24.3 Å². The molecular weight excluding hydrogens is 379 g/mol. The minimum Gasteiger partial charge on any atom is -0.466 e. The summed E-state index contributed by atoms with van der Waals surface area (Å²) >= 11 is 17.5. The Morgan fingerprint density at radius 3 is 2.38 bits per heavy atom. The Bertz CT molecular complexity index is 547. The lowest BCUT2D eigenvalue weighted by molar-refractivity contribution is -0.384. The summed E-state index contributed by atoms with van der Waals surface area (Å²) in [4.78, 5) is 22.0. The number of hydrogen-bond donors (Lipinski definition) is 1. The number of rotatable bonds is 9. The van der Waals surface area contributed by atoms with Crippen LogP contribution in [0.4, 0.5) is 5.69 Å². The van der Waals surface area contributed by atoms with E-state index >= 15 is 0 Å². The number of amides is 1. The van der Waals surface area contributed by atoms with Crippen LogP contribution in [0.2, 0.25) is 0 Å². The van der Waals surface area contributed by atoms with Gasteiger partial charge in [-0.15, -0.1) is 0 Å². The zero-order valence-electron chi connectivity index (χ0n) is 13.1. The molecule has 0 saturated heterocycles. The Kier molecular flexibility index (Phi) is 8.59. The number of nitrogens with one attached hydrogen (secondary N) is 1. The van der Waals surface area contributed by atoms with Crippen LogP contribution >= 0.6 is 34.8 Å². The standard InChI is InChI=1S/C15H19Cl3N2O4/c1-2-3-4-5-6-13(21)19-14(15(16,17)18)24-12-9-7-11(8-10-12)20(22)23/h7-10,14H,2-6H2,1H3,(H,19,21)/t14-/m1/s1. The molecule has 9 heteroatoms. The first-order valence-electron chi connectivity index (χ1n) is 7.51. The Morgan fingerprint density at radius 2 is 1.88 bits per heavy atom. The predicted molar refractivity (Wildman–Crippen MR) is 94.7 cm³/mol. The van der Waals surface area contributed by atoms with E-state index in [0.717, 1.165) is 25.7 Å². The van der Waals surface area contributed by atoms with Gasteiger partial charge >= 0.3 is 0 Å². The third-order valence-corrected chi connectivity index (χ3v) is 3.74. The number of nitrogens with zero attached hydrogens (tertiary/aromatic N) is 1. The van der Waals surface area contributed by atoms with Crippen molar-refractivity contribution >= 4 is 46.4 Å². The van der Waals surface area contributed by atoms with Gasteiger partial charge in [-0.25, -0.2) is 0 Å². The van der Waals surface area contributed by atoms with Crippen LogP contribution in [0, 0.1) is 10.1 Å². The first kappa shape index (κ1) is 20.8. The van der Waals surface area contributed by atoms with Gasteiger partial charge in [0, 0.05) is 18.6 Å². The average Bonchev–Trinajstić information content (AvgIpc) is 2.50. The quantitative estimate of drug-likeness (QED) is 0.214. The van der Waals surface area contributed by atoms with Gasteiger partial charge in [0.1, 0.15) is 5.75 Å². The molecule has 1 amide bonds. The summed E-state index contributed by atoms with van der Waals surface area (Å²) in [5, 5.41) is 13.2. The summed E-state index contributed by atoms with van der Waals surface area (Å²) in [5.41, 5.74) is -0.0901. The third kappa shape index (κ3) is 7.55. The number of alkyl halides is 3. The topological polar surface area (TPSA) is 81.5 Å². The first-order chi connectivity index (χ1) is 11.2. The summed E-state index contributed by atoms with van der Waals surface area (Å²) < 4.78 is 3.57. The second-order valence-corrected chi connectivity index (χ2v) is 7.54. The number of ether oxygens (including phenoxy) is 1. The molecule has 1 aromatic carbocycles. The lowest BCUT2D eigenvalue weighted by Crippen LogP contribution is -2.47. The maximum absolute atomic E-state index is 11.9. The number of nitro groups is 1. The van der Waals surface area contributed by atoms with Crippen LogP contribution in [0.25, 0.3) is 0 Å². The minimum atomic E-state index is -1.89. The summed E-state index contributed by atoms with van der Waals surface area (Å²) in [6.07, 6.45) is 2.92. The highest BCUT2D eigenvalue weighted by Crippen LogP contribution is 2.32. The molecule has 134 valence electrons. The van der Waals surface area contributed by atoms with Crippen LogP contribution in [0.3, 0.4) is 0 Å². The molecule has 0 radical (unpaired) electrons. The van der Waals surface area contributed by atoms with Gasteiger partial charge in [0.05, 0.1) is 4.92 Å². The molecule has 0 aliphatic carbocycles. The monoisotopic (exact) mass is 396 g/mol. The summed E-state index contributed by atoms with van der Waals surface area (Å²) in [7, 11) is 0. The van der Waals surface area contributed by atoms with Gasteiger partial charge in [-0.3, -0.25) is 14.9 Å². The number of unbranched alkanes of at least 4 members (excludes halogenated alkanes) is 3. The number of hydrogen-bond acceptors (Lipinski definition) is 4. The molecule has 0 bridgehead atoms. The van der Waals surface area contributed by atoms with Crippen molar-refractivity contribution in [3.8, 4) is 5.75 Å². The second kappa shape index (κ2) is 9.91. The van der Waals surface area contributed by atoms with E-state index in [2.05, 4.69) is 12.2 Å². The number of halogens is 3. The van der Waals surface area contributed by atoms with Crippen LogP contribution in [-0.4, -0.2) is 20.9 Å². The fraction of sp³-hybridized carbons (Fsp3) is 0.533. The Hall–Kier alpha value is -1.24. The minimum absolute atomic E-state index is 0.0901. The second-order valence-electron chi connectivity index (χ2n) is 5.17. The SMILES string of the molecule is CCCCCCC(=O)N[C@H](Oc1ccc([N+](=O)[O-])cc1)C(Cl)(Cl)Cl. The Morgan fingerprint density at radius 1 is 1.25 bits per heavy atom. The number of carbonyl (C=O) groups is 1. The molecule has 0 saturated carbocycles. The summed E-state index contributed by atoms with van der Waals surface area (Å²) in [6.45, 7) is 2.08. The molecule has 0 heterocycles. The van der Waals surface area contributed by atoms with Gasteiger partial charge in [-0.05, 0) is 18.6 Å². The van der Waals surface area contributed by atoms with Gasteiger partial charge in [-0.2, -0.15) is 0 Å². The molecule has 0 aliphatic rings. The smallest absolute Gasteiger partial charge is 0.269 e. The Labute approximate surface area is 155 Å². The third-order valence-electron chi connectivity index (χ3n) is 3.15. The molecule has 0 fully saturated rings. The zero-order chi connectivity index (χ0) is 18.2. The van der Waals surface area contributed by atoms with Crippen molar-refractivity contribution in [1.82, 2.24) is 5.32 Å². The maximum atomic E-state index is 11.9. The van der Waals surface area contributed by atoms with Crippen molar-refractivity contribution < 1.29 is 14.5 Å². The van der Waals surface area contributed by atoms with Gasteiger partial charge in [0.2, 0.25) is 15.9 Å². The Balaban J connectivity index is 2.65. The zero-order valence-corrected chi connectivity index (χ0v) is 15.4. The molecular formula is C15H19Cl3N2O4. The largest absolute Gasteiger partial charge is 0.466 e. The van der Waals surface area contributed by atoms with E-state index in [1.807, 2.05) is 0 Å². The van der Waals surface area contributed by atoms with Gasteiger partial charge in [-0.1, -0.05) is 61.0 Å². The fourth-order valence-corrected chi connectivity index (χ4v) is 2.19. The molecule has 1 aromatic rings. The first-order valence-corrected chi connectivity index (χ1v) is 8.64. The van der Waals surface area contributed by atoms with Crippen LogP contribution in [0.1, 0.15) is 39.0 Å². The van der Waals surface area contributed by atoms with E-state index in [0.29, 0.717) is 6.42 Å². The lowest BCUT2D eigenvalue weighted by Gasteiger charge is -2.26. The molecule has 0 spiro atoms. The summed E-state index contributed by atoms with van der Waals surface area (Å²) in [5.74, 6) is -0.0486. The molecule has 0 aliphatic heterocycles. The normalized spacial score (nSPS) is 12.5. The molecule has 0 aromatic heterocycles. The van der Waals surface area contributed by atoms with Crippen molar-refractivity contribution in [2.24, 2.45) is 0 Å². The molecule has 1 atom stereocenters. The van der Waals surface area contributed by atoms with Crippen LogP contribution in [0.5, 0.6) is 5.75 Å². The van der Waals surface area contributed by atoms with E-state index in [-0.39, 0.29) is 17.3 Å². The fourth-order valence-electron chi connectivity index (χ4n) is 1.89. The highest BCUT2D eigenvalue weighted by Gasteiger charge is 2.36. The van der Waals surface area contributed by atoms with E-state index in [1.54, 1.807) is 0 Å². The number of benzene rings is 1. The van der Waals surface area contributed by atoms with Gasteiger partial charge in [0.15, 0.2) is 0 Å². The maximum Gasteiger partial charge on any atom is 0.269 e. The molecule has 0 unspecified atom stereocenters. The molecule has 6 nitrogen and oxygen atoms in total.